The molecule has 226 valence electrons. The Bertz CT molecular complexity index is 1240. The number of nitrogens with one attached hydrogen (secondary N) is 3. The largest absolute Gasteiger partial charge is 0.343 e. The number of imide groups is 1. The van der Waals surface area contributed by atoms with E-state index in [0.717, 1.165) is 24.8 Å². The van der Waals surface area contributed by atoms with Gasteiger partial charge in [0.05, 0.1) is 24.1 Å². The van der Waals surface area contributed by atoms with E-state index in [4.69, 9.17) is 5.73 Å². The number of amides is 3. The molecule has 0 saturated carbocycles. The van der Waals surface area contributed by atoms with Crippen LogP contribution < -0.4 is 21.7 Å². The number of carbonyl (C=O) groups is 3. The first-order valence-corrected chi connectivity index (χ1v) is 15.0. The number of aromatic nitrogens is 2. The van der Waals surface area contributed by atoms with Gasteiger partial charge in [-0.2, -0.15) is 0 Å². The first-order valence-electron chi connectivity index (χ1n) is 15.0. The summed E-state index contributed by atoms with van der Waals surface area (Å²) in [5.74, 6) is -1.17. The minimum atomic E-state index is -1.00. The first kappa shape index (κ1) is 32.7. The molecule has 0 unspecified atom stereocenters. The van der Waals surface area contributed by atoms with Gasteiger partial charge in [0.2, 0.25) is 17.7 Å². The molecule has 9 heteroatoms. The Kier molecular flexibility index (Phi) is 13.4. The zero-order chi connectivity index (χ0) is 30.3. The summed E-state index contributed by atoms with van der Waals surface area (Å²) in [4.78, 5) is 44.1. The van der Waals surface area contributed by atoms with Gasteiger partial charge >= 0.3 is 0 Å². The van der Waals surface area contributed by atoms with Crippen LogP contribution in [-0.4, -0.2) is 51.9 Å². The number of imidazole rings is 1. The van der Waals surface area contributed by atoms with Crippen LogP contribution in [0.2, 0.25) is 0 Å². The second-order valence-corrected chi connectivity index (χ2v) is 11.3. The highest BCUT2D eigenvalue weighted by atomic mass is 16.2. The van der Waals surface area contributed by atoms with E-state index in [-0.39, 0.29) is 12.3 Å². The average molecular weight is 575 g/mol. The third-order valence-electron chi connectivity index (χ3n) is 7.06. The van der Waals surface area contributed by atoms with E-state index >= 15 is 0 Å². The van der Waals surface area contributed by atoms with Gasteiger partial charge in [0, 0.05) is 19.2 Å². The second kappa shape index (κ2) is 17.2. The third kappa shape index (κ3) is 11.2. The fourth-order valence-corrected chi connectivity index (χ4v) is 4.73. The Balaban J connectivity index is 1.68. The van der Waals surface area contributed by atoms with Crippen molar-refractivity contribution in [3.8, 4) is 0 Å². The molecule has 0 radical (unpaired) electrons. The van der Waals surface area contributed by atoms with Crippen molar-refractivity contribution in [2.45, 2.75) is 84.0 Å². The standard InChI is InChI=1S/C33H46N6O3/c1-4-5-16-28(34)31(40)37-30(20-27-22-39(23-36-27)21-26-14-10-7-11-15-26)33(42)38-32(41)29(19-24(2)3)35-18-17-25-12-8-6-9-13-25/h6-15,22-24,28-30,35H,4-5,16-21,34H2,1-3H3,(H,37,40)(H,38,41,42)/t28-,29-,30-/m0/s1. The van der Waals surface area contributed by atoms with Crippen molar-refractivity contribution >= 4 is 17.7 Å². The quantitative estimate of drug-likeness (QED) is 0.196. The monoisotopic (exact) mass is 574 g/mol. The number of nitrogens with two attached hydrogens (primary N) is 1. The van der Waals surface area contributed by atoms with Crippen LogP contribution in [0.4, 0.5) is 0 Å². The van der Waals surface area contributed by atoms with E-state index in [1.54, 1.807) is 6.33 Å². The molecule has 1 aromatic heterocycles. The zero-order valence-electron chi connectivity index (χ0n) is 25.1. The van der Waals surface area contributed by atoms with Crippen LogP contribution in [0.15, 0.2) is 73.2 Å². The molecule has 42 heavy (non-hydrogen) atoms. The van der Waals surface area contributed by atoms with Gasteiger partial charge in [0.1, 0.15) is 6.04 Å². The average Bonchev–Trinajstić information content (AvgIpc) is 3.42. The molecule has 9 nitrogen and oxygen atoms in total. The SMILES string of the molecule is CCCC[C@H](N)C(=O)N[C@@H](Cc1cn(Cc2ccccc2)cn1)C(=O)NC(=O)[C@H](CC(C)C)NCCc1ccccc1. The number of hydrogen-bond acceptors (Lipinski definition) is 6. The van der Waals surface area contributed by atoms with Crippen molar-refractivity contribution in [3.63, 3.8) is 0 Å². The summed E-state index contributed by atoms with van der Waals surface area (Å²) >= 11 is 0. The fourth-order valence-electron chi connectivity index (χ4n) is 4.73. The van der Waals surface area contributed by atoms with Crippen molar-refractivity contribution in [1.82, 2.24) is 25.5 Å². The lowest BCUT2D eigenvalue weighted by molar-refractivity contribution is -0.135. The normalized spacial score (nSPS) is 13.4. The summed E-state index contributed by atoms with van der Waals surface area (Å²) in [6.45, 7) is 7.32. The number of benzene rings is 2. The predicted octanol–water partition coefficient (Wildman–Crippen LogP) is 3.37. The third-order valence-corrected chi connectivity index (χ3v) is 7.06. The number of carbonyl (C=O) groups excluding carboxylic acids is 3. The second-order valence-electron chi connectivity index (χ2n) is 11.3. The Hall–Kier alpha value is -3.82. The molecule has 3 aromatic rings. The van der Waals surface area contributed by atoms with Crippen LogP contribution in [-0.2, 0) is 33.8 Å². The highest BCUT2D eigenvalue weighted by Crippen LogP contribution is 2.09. The number of unbranched alkanes of at least 4 members (excludes halogenated alkanes) is 1. The van der Waals surface area contributed by atoms with Crippen molar-refractivity contribution in [2.24, 2.45) is 11.7 Å². The van der Waals surface area contributed by atoms with Gasteiger partial charge in [-0.1, -0.05) is 94.3 Å². The molecule has 0 aliphatic rings. The molecule has 0 bridgehead atoms. The van der Waals surface area contributed by atoms with Crippen LogP contribution in [0.1, 0.15) is 63.3 Å². The molecule has 2 aromatic carbocycles. The lowest BCUT2D eigenvalue weighted by Crippen LogP contribution is -2.56. The Morgan fingerprint density at radius 2 is 1.55 bits per heavy atom. The Labute approximate surface area is 249 Å². The minimum absolute atomic E-state index is 0.128. The van der Waals surface area contributed by atoms with Crippen LogP contribution >= 0.6 is 0 Å². The summed E-state index contributed by atoms with van der Waals surface area (Å²) in [6.07, 6.45) is 7.24. The molecule has 0 spiro atoms. The molecule has 0 aliphatic heterocycles. The zero-order valence-corrected chi connectivity index (χ0v) is 25.1. The summed E-state index contributed by atoms with van der Waals surface area (Å²) < 4.78 is 1.93. The topological polar surface area (TPSA) is 131 Å². The molecule has 0 fully saturated rings. The summed E-state index contributed by atoms with van der Waals surface area (Å²) in [6, 6.07) is 17.7. The van der Waals surface area contributed by atoms with E-state index in [9.17, 15) is 14.4 Å². The van der Waals surface area contributed by atoms with E-state index < -0.39 is 35.8 Å². The number of nitrogens with zero attached hydrogens (tertiary/aromatic N) is 2. The van der Waals surface area contributed by atoms with E-state index in [0.29, 0.717) is 31.6 Å². The first-order chi connectivity index (χ1) is 20.2. The molecule has 3 atom stereocenters. The highest BCUT2D eigenvalue weighted by molar-refractivity contribution is 6.01. The molecule has 3 amide bonds. The molecular formula is C33H46N6O3. The molecule has 0 saturated heterocycles. The van der Waals surface area contributed by atoms with Gasteiger partial charge in [-0.3, -0.25) is 19.7 Å². The maximum absolute atomic E-state index is 13.5. The summed E-state index contributed by atoms with van der Waals surface area (Å²) in [5, 5.41) is 8.66. The summed E-state index contributed by atoms with van der Waals surface area (Å²) in [7, 11) is 0. The van der Waals surface area contributed by atoms with E-state index in [2.05, 4.69) is 20.9 Å². The van der Waals surface area contributed by atoms with E-state index in [1.165, 1.54) is 5.56 Å². The maximum Gasteiger partial charge on any atom is 0.249 e. The van der Waals surface area contributed by atoms with Crippen molar-refractivity contribution in [3.05, 3.63) is 90.0 Å². The Morgan fingerprint density at radius 3 is 2.19 bits per heavy atom. The predicted molar refractivity (Wildman–Crippen MR) is 165 cm³/mol. The van der Waals surface area contributed by atoms with Crippen LogP contribution in [0, 0.1) is 5.92 Å². The van der Waals surface area contributed by atoms with Gasteiger partial charge in [-0.25, -0.2) is 4.98 Å². The van der Waals surface area contributed by atoms with Gasteiger partial charge in [-0.15, -0.1) is 0 Å². The van der Waals surface area contributed by atoms with Gasteiger partial charge in [-0.05, 0) is 42.9 Å². The molecule has 5 N–H and O–H groups in total. The molecular weight excluding hydrogens is 528 g/mol. The smallest absolute Gasteiger partial charge is 0.249 e. The van der Waals surface area contributed by atoms with Crippen molar-refractivity contribution in [1.29, 1.82) is 0 Å². The van der Waals surface area contributed by atoms with Crippen LogP contribution in [0.5, 0.6) is 0 Å². The maximum atomic E-state index is 13.5. The van der Waals surface area contributed by atoms with Crippen LogP contribution in [0.3, 0.4) is 0 Å². The van der Waals surface area contributed by atoms with Gasteiger partial charge < -0.3 is 20.9 Å². The minimum Gasteiger partial charge on any atom is -0.343 e. The molecule has 0 aliphatic carbocycles. The van der Waals surface area contributed by atoms with Gasteiger partial charge in [0.15, 0.2) is 0 Å². The lowest BCUT2D eigenvalue weighted by Gasteiger charge is -2.23. The number of hydrogen-bond donors (Lipinski definition) is 4. The van der Waals surface area contributed by atoms with Crippen LogP contribution in [0.25, 0.3) is 0 Å². The van der Waals surface area contributed by atoms with Crippen molar-refractivity contribution in [2.75, 3.05) is 6.54 Å². The highest BCUT2D eigenvalue weighted by Gasteiger charge is 2.28. The summed E-state index contributed by atoms with van der Waals surface area (Å²) in [5.41, 5.74) is 9.01. The fraction of sp³-hybridized carbons (Fsp3) is 0.455. The van der Waals surface area contributed by atoms with Crippen molar-refractivity contribution < 1.29 is 14.4 Å². The lowest BCUT2D eigenvalue weighted by atomic mass is 10.0. The van der Waals surface area contributed by atoms with Gasteiger partial charge in [0.25, 0.3) is 0 Å². The Morgan fingerprint density at radius 1 is 0.905 bits per heavy atom. The molecule has 3 rings (SSSR count). The number of rotatable bonds is 17. The van der Waals surface area contributed by atoms with E-state index in [1.807, 2.05) is 92.2 Å². The molecule has 1 heterocycles.